The first-order valence-corrected chi connectivity index (χ1v) is 10.0. The van der Waals surface area contributed by atoms with Gasteiger partial charge in [0.1, 0.15) is 11.4 Å². The molecule has 1 fully saturated rings. The van der Waals surface area contributed by atoms with Gasteiger partial charge in [0.15, 0.2) is 11.5 Å². The number of ether oxygens (including phenoxy) is 3. The molecule has 8 heteroatoms. The van der Waals surface area contributed by atoms with Gasteiger partial charge in [-0.15, -0.1) is 0 Å². The van der Waals surface area contributed by atoms with Crippen LogP contribution in [0.4, 0.5) is 4.79 Å². The number of carbonyl (C=O) groups excluding carboxylic acids is 2. The summed E-state index contributed by atoms with van der Waals surface area (Å²) in [6, 6.07) is 2.92. The number of carbonyl (C=O) groups is 3. The summed E-state index contributed by atoms with van der Waals surface area (Å²) in [5, 5.41) is 9.49. The Balaban J connectivity index is 1.97. The molecule has 1 heterocycles. The van der Waals surface area contributed by atoms with Crippen molar-refractivity contribution in [3.8, 4) is 11.5 Å². The maximum absolute atomic E-state index is 12.6. The van der Waals surface area contributed by atoms with Crippen molar-refractivity contribution in [2.75, 3.05) is 27.3 Å². The van der Waals surface area contributed by atoms with Crippen LogP contribution in [0.3, 0.4) is 0 Å². The lowest BCUT2D eigenvalue weighted by molar-refractivity contribution is -0.119. The summed E-state index contributed by atoms with van der Waals surface area (Å²) in [6.07, 6.45) is 1.44. The summed E-state index contributed by atoms with van der Waals surface area (Å²) in [5.74, 6) is -0.314. The number of rotatable bonds is 7. The van der Waals surface area contributed by atoms with Crippen LogP contribution in [0.25, 0.3) is 0 Å². The molecule has 0 aliphatic carbocycles. The van der Waals surface area contributed by atoms with E-state index in [9.17, 15) is 19.5 Å². The van der Waals surface area contributed by atoms with Crippen LogP contribution in [0, 0.1) is 5.92 Å². The number of ketones is 1. The molecule has 1 saturated heterocycles. The van der Waals surface area contributed by atoms with Crippen molar-refractivity contribution < 1.29 is 33.7 Å². The minimum Gasteiger partial charge on any atom is -0.493 e. The SMILES string of the molecule is COc1cc(CC(=O)CC2CCN(C(=O)OC(C)(C)C)CC2)c(C(=O)O)cc1OC. The quantitative estimate of drug-likeness (QED) is 0.718. The van der Waals surface area contributed by atoms with Gasteiger partial charge in [0.05, 0.1) is 19.8 Å². The molecule has 166 valence electrons. The van der Waals surface area contributed by atoms with Crippen LogP contribution in [-0.4, -0.2) is 60.8 Å². The van der Waals surface area contributed by atoms with Gasteiger partial charge in [-0.05, 0) is 57.2 Å². The molecular formula is C22H31NO7. The normalized spacial score (nSPS) is 14.9. The van der Waals surface area contributed by atoms with Gasteiger partial charge in [-0.1, -0.05) is 0 Å². The van der Waals surface area contributed by atoms with Crippen LogP contribution < -0.4 is 9.47 Å². The average molecular weight is 421 g/mol. The van der Waals surface area contributed by atoms with E-state index in [1.807, 2.05) is 20.8 Å². The summed E-state index contributed by atoms with van der Waals surface area (Å²) in [7, 11) is 2.89. The second kappa shape index (κ2) is 9.82. The summed E-state index contributed by atoms with van der Waals surface area (Å²) in [6.45, 7) is 6.58. The van der Waals surface area contributed by atoms with Crippen LogP contribution >= 0.6 is 0 Å². The number of Topliss-reactive ketones (excluding diaryl/α,β-unsaturated/α-hetero) is 1. The monoisotopic (exact) mass is 421 g/mol. The number of amides is 1. The highest BCUT2D eigenvalue weighted by Gasteiger charge is 2.28. The largest absolute Gasteiger partial charge is 0.493 e. The molecule has 30 heavy (non-hydrogen) atoms. The fourth-order valence-electron chi connectivity index (χ4n) is 3.52. The fourth-order valence-corrected chi connectivity index (χ4v) is 3.52. The molecule has 0 atom stereocenters. The van der Waals surface area contributed by atoms with E-state index in [-0.39, 0.29) is 29.8 Å². The number of benzene rings is 1. The second-order valence-electron chi connectivity index (χ2n) is 8.50. The van der Waals surface area contributed by atoms with Gasteiger partial charge in [-0.2, -0.15) is 0 Å². The standard InChI is InChI=1S/C22H31NO7/c1-22(2,3)30-21(27)23-8-6-14(7-9-23)10-16(24)11-15-12-18(28-4)19(29-5)13-17(15)20(25)26/h12-14H,6-11H2,1-5H3,(H,25,26). The van der Waals surface area contributed by atoms with Gasteiger partial charge < -0.3 is 24.2 Å². The lowest BCUT2D eigenvalue weighted by Crippen LogP contribution is -2.42. The van der Waals surface area contributed by atoms with Crippen molar-refractivity contribution in [1.29, 1.82) is 0 Å². The lowest BCUT2D eigenvalue weighted by atomic mass is 9.89. The van der Waals surface area contributed by atoms with Gasteiger partial charge in [0.25, 0.3) is 0 Å². The Bertz CT molecular complexity index is 789. The van der Waals surface area contributed by atoms with Crippen LogP contribution in [0.1, 0.15) is 56.0 Å². The summed E-state index contributed by atoms with van der Waals surface area (Å²) in [4.78, 5) is 38.1. The zero-order chi connectivity index (χ0) is 22.5. The molecule has 0 aromatic heterocycles. The van der Waals surface area contributed by atoms with E-state index in [1.54, 1.807) is 11.0 Å². The third kappa shape index (κ3) is 6.37. The molecule has 1 amide bonds. The van der Waals surface area contributed by atoms with Gasteiger partial charge in [-0.25, -0.2) is 9.59 Å². The number of likely N-dealkylation sites (tertiary alicyclic amines) is 1. The molecule has 0 radical (unpaired) electrons. The molecule has 1 aromatic rings. The van der Waals surface area contributed by atoms with Crippen LogP contribution in [0.2, 0.25) is 0 Å². The van der Waals surface area contributed by atoms with E-state index < -0.39 is 11.6 Å². The Labute approximate surface area is 177 Å². The van der Waals surface area contributed by atoms with Crippen molar-refractivity contribution in [3.63, 3.8) is 0 Å². The summed E-state index contributed by atoms with van der Waals surface area (Å²) in [5.41, 5.74) is -0.109. The number of aromatic carboxylic acids is 1. The summed E-state index contributed by atoms with van der Waals surface area (Å²) >= 11 is 0. The fraction of sp³-hybridized carbons (Fsp3) is 0.591. The highest BCUT2D eigenvalue weighted by atomic mass is 16.6. The predicted molar refractivity (Wildman–Crippen MR) is 110 cm³/mol. The number of nitrogens with zero attached hydrogens (tertiary/aromatic N) is 1. The number of carboxylic acids is 1. The Kier molecular flexibility index (Phi) is 7.70. The minimum absolute atomic E-state index is 0.00820. The van der Waals surface area contributed by atoms with E-state index in [2.05, 4.69) is 0 Å². The topological polar surface area (TPSA) is 102 Å². The van der Waals surface area contributed by atoms with Crippen molar-refractivity contribution in [3.05, 3.63) is 23.3 Å². The molecule has 0 bridgehead atoms. The molecule has 1 aliphatic rings. The molecule has 1 aliphatic heterocycles. The summed E-state index contributed by atoms with van der Waals surface area (Å²) < 4.78 is 15.8. The molecule has 8 nitrogen and oxygen atoms in total. The molecule has 2 rings (SSSR count). The predicted octanol–water partition coefficient (Wildman–Crippen LogP) is 3.55. The number of hydrogen-bond donors (Lipinski definition) is 1. The van der Waals surface area contributed by atoms with Crippen molar-refractivity contribution >= 4 is 17.8 Å². The minimum atomic E-state index is -1.12. The first-order valence-electron chi connectivity index (χ1n) is 10.0. The maximum Gasteiger partial charge on any atom is 0.410 e. The van der Waals surface area contributed by atoms with E-state index in [4.69, 9.17) is 14.2 Å². The number of piperidine rings is 1. The second-order valence-corrected chi connectivity index (χ2v) is 8.50. The zero-order valence-corrected chi connectivity index (χ0v) is 18.3. The van der Waals surface area contributed by atoms with Crippen molar-refractivity contribution in [2.24, 2.45) is 5.92 Å². The highest BCUT2D eigenvalue weighted by molar-refractivity contribution is 5.93. The third-order valence-corrected chi connectivity index (χ3v) is 5.01. The maximum atomic E-state index is 12.6. The Hall–Kier alpha value is -2.77. The number of carboxylic acid groups (broad SMARTS) is 1. The van der Waals surface area contributed by atoms with Gasteiger partial charge in [-0.3, -0.25) is 4.79 Å². The van der Waals surface area contributed by atoms with Crippen LogP contribution in [-0.2, 0) is 16.0 Å². The molecule has 1 aromatic carbocycles. The number of methoxy groups -OCH3 is 2. The van der Waals surface area contributed by atoms with Crippen LogP contribution in [0.15, 0.2) is 12.1 Å². The van der Waals surface area contributed by atoms with Gasteiger partial charge in [0.2, 0.25) is 0 Å². The first kappa shape index (κ1) is 23.5. The number of hydrogen-bond acceptors (Lipinski definition) is 6. The first-order chi connectivity index (χ1) is 14.0. The average Bonchev–Trinajstić information content (AvgIpc) is 2.66. The Morgan fingerprint density at radius 3 is 2.13 bits per heavy atom. The van der Waals surface area contributed by atoms with E-state index in [1.165, 1.54) is 20.3 Å². The Morgan fingerprint density at radius 2 is 1.63 bits per heavy atom. The molecule has 1 N–H and O–H groups in total. The van der Waals surface area contributed by atoms with Crippen molar-refractivity contribution in [2.45, 2.75) is 52.1 Å². The van der Waals surface area contributed by atoms with E-state index >= 15 is 0 Å². The van der Waals surface area contributed by atoms with E-state index in [0.717, 1.165) is 0 Å². The zero-order valence-electron chi connectivity index (χ0n) is 18.3. The lowest BCUT2D eigenvalue weighted by Gasteiger charge is -2.33. The molecule has 0 spiro atoms. The van der Waals surface area contributed by atoms with Gasteiger partial charge >= 0.3 is 12.1 Å². The van der Waals surface area contributed by atoms with Crippen LogP contribution in [0.5, 0.6) is 11.5 Å². The Morgan fingerprint density at radius 1 is 1.07 bits per heavy atom. The molecule has 0 saturated carbocycles. The van der Waals surface area contributed by atoms with Crippen molar-refractivity contribution in [1.82, 2.24) is 4.90 Å². The molecular weight excluding hydrogens is 390 g/mol. The molecule has 0 unspecified atom stereocenters. The van der Waals surface area contributed by atoms with E-state index in [0.29, 0.717) is 49.4 Å². The van der Waals surface area contributed by atoms with Gasteiger partial charge in [0, 0.05) is 25.9 Å². The highest BCUT2D eigenvalue weighted by Crippen LogP contribution is 2.31. The smallest absolute Gasteiger partial charge is 0.410 e. The third-order valence-electron chi connectivity index (χ3n) is 5.01.